The standard InChI is InChI=1S/C30H29N3O4/c1-19-13-14-26(36-3)25(17-19)32-29(34)28(20-9-5-4-6-10-20)37-30(35)27-21-11-7-8-12-23(21)31-24-15-16-33(2)18-22(24)27/h4-14,17,28H,15-16,18H2,1-3H3,(H,32,34). The monoisotopic (exact) mass is 495 g/mol. The molecule has 3 aromatic carbocycles. The van der Waals surface area contributed by atoms with Crippen molar-refractivity contribution in [1.29, 1.82) is 0 Å². The molecule has 37 heavy (non-hydrogen) atoms. The number of carbonyl (C=O) groups excluding carboxylic acids is 2. The first-order valence-corrected chi connectivity index (χ1v) is 12.2. The van der Waals surface area contributed by atoms with Gasteiger partial charge in [-0.05, 0) is 37.7 Å². The van der Waals surface area contributed by atoms with E-state index in [9.17, 15) is 9.59 Å². The van der Waals surface area contributed by atoms with E-state index >= 15 is 0 Å². The number of methoxy groups -OCH3 is 1. The van der Waals surface area contributed by atoms with Crippen LogP contribution in [0.3, 0.4) is 0 Å². The molecule has 4 aromatic rings. The number of nitrogens with one attached hydrogen (secondary N) is 1. The predicted octanol–water partition coefficient (Wildman–Crippen LogP) is 5.08. The molecule has 0 spiro atoms. The number of carbonyl (C=O) groups is 2. The van der Waals surface area contributed by atoms with Crippen LogP contribution in [0.5, 0.6) is 5.75 Å². The molecule has 1 atom stereocenters. The minimum atomic E-state index is -1.16. The number of aryl methyl sites for hydroxylation is 1. The van der Waals surface area contributed by atoms with Gasteiger partial charge in [0.15, 0.2) is 0 Å². The molecule has 0 fully saturated rings. The number of hydrogen-bond donors (Lipinski definition) is 1. The number of amides is 1. The van der Waals surface area contributed by atoms with E-state index in [0.29, 0.717) is 34.5 Å². The lowest BCUT2D eigenvalue weighted by atomic mass is 9.96. The van der Waals surface area contributed by atoms with E-state index < -0.39 is 18.0 Å². The third-order valence-corrected chi connectivity index (χ3v) is 6.62. The van der Waals surface area contributed by atoms with E-state index in [2.05, 4.69) is 10.2 Å². The SMILES string of the molecule is COc1ccc(C)cc1NC(=O)C(OC(=O)c1c2c(nc3ccccc13)CCN(C)C2)c1ccccc1. The van der Waals surface area contributed by atoms with Crippen molar-refractivity contribution in [3.8, 4) is 5.75 Å². The molecule has 7 nitrogen and oxygen atoms in total. The van der Waals surface area contributed by atoms with Crippen LogP contribution >= 0.6 is 0 Å². The number of pyridine rings is 1. The fourth-order valence-corrected chi connectivity index (χ4v) is 4.74. The summed E-state index contributed by atoms with van der Waals surface area (Å²) in [4.78, 5) is 34.5. The molecule has 1 unspecified atom stereocenters. The summed E-state index contributed by atoms with van der Waals surface area (Å²) in [5, 5.41) is 3.62. The van der Waals surface area contributed by atoms with Gasteiger partial charge in [-0.15, -0.1) is 0 Å². The lowest BCUT2D eigenvalue weighted by Crippen LogP contribution is -2.31. The number of fused-ring (bicyclic) bond motifs is 2. The van der Waals surface area contributed by atoms with Gasteiger partial charge in [0.1, 0.15) is 5.75 Å². The molecule has 1 N–H and O–H groups in total. The van der Waals surface area contributed by atoms with Crippen molar-refractivity contribution >= 4 is 28.5 Å². The molecule has 188 valence electrons. The number of esters is 1. The van der Waals surface area contributed by atoms with E-state index in [1.165, 1.54) is 0 Å². The molecule has 0 bridgehead atoms. The van der Waals surface area contributed by atoms with E-state index in [4.69, 9.17) is 14.5 Å². The lowest BCUT2D eigenvalue weighted by Gasteiger charge is -2.27. The highest BCUT2D eigenvalue weighted by molar-refractivity contribution is 6.06. The molecule has 1 amide bonds. The van der Waals surface area contributed by atoms with Gasteiger partial charge >= 0.3 is 5.97 Å². The van der Waals surface area contributed by atoms with Crippen molar-refractivity contribution in [2.24, 2.45) is 0 Å². The van der Waals surface area contributed by atoms with Gasteiger partial charge in [0.2, 0.25) is 6.10 Å². The van der Waals surface area contributed by atoms with Crippen molar-refractivity contribution in [1.82, 2.24) is 9.88 Å². The van der Waals surface area contributed by atoms with Gasteiger partial charge in [-0.1, -0.05) is 54.6 Å². The molecule has 0 saturated carbocycles. The maximum atomic E-state index is 13.9. The number of hydrogen-bond acceptors (Lipinski definition) is 6. The van der Waals surface area contributed by atoms with Crippen LogP contribution in [0.4, 0.5) is 5.69 Å². The summed E-state index contributed by atoms with van der Waals surface area (Å²) >= 11 is 0. The lowest BCUT2D eigenvalue weighted by molar-refractivity contribution is -0.125. The Hall–Kier alpha value is -4.23. The van der Waals surface area contributed by atoms with Gasteiger partial charge in [-0.2, -0.15) is 0 Å². The summed E-state index contributed by atoms with van der Waals surface area (Å²) in [5.41, 5.74) is 5.00. The molecule has 1 aliphatic rings. The Labute approximate surface area is 216 Å². The summed E-state index contributed by atoms with van der Waals surface area (Å²) in [7, 11) is 3.56. The van der Waals surface area contributed by atoms with Crippen molar-refractivity contribution in [3.05, 3.63) is 101 Å². The van der Waals surface area contributed by atoms with E-state index in [1.807, 2.05) is 68.6 Å². The first kappa shape index (κ1) is 24.5. The topological polar surface area (TPSA) is 80.8 Å². The second-order valence-corrected chi connectivity index (χ2v) is 9.31. The molecule has 0 radical (unpaired) electrons. The van der Waals surface area contributed by atoms with Gasteiger partial charge in [-0.25, -0.2) is 4.79 Å². The van der Waals surface area contributed by atoms with Crippen LogP contribution in [0.1, 0.15) is 38.8 Å². The first-order valence-electron chi connectivity index (χ1n) is 12.2. The second-order valence-electron chi connectivity index (χ2n) is 9.31. The van der Waals surface area contributed by atoms with Crippen LogP contribution in [0.15, 0.2) is 72.8 Å². The number of nitrogens with zero attached hydrogens (tertiary/aromatic N) is 2. The number of ether oxygens (including phenoxy) is 2. The number of likely N-dealkylation sites (N-methyl/N-ethyl adjacent to an activating group) is 1. The van der Waals surface area contributed by atoms with Crippen LogP contribution in [-0.2, 0) is 22.5 Å². The van der Waals surface area contributed by atoms with Gasteiger partial charge in [-0.3, -0.25) is 9.78 Å². The van der Waals surface area contributed by atoms with Gasteiger partial charge in [0.05, 0.1) is 23.9 Å². The summed E-state index contributed by atoms with van der Waals surface area (Å²) < 4.78 is 11.5. The Kier molecular flexibility index (Phi) is 6.88. The fraction of sp³-hybridized carbons (Fsp3) is 0.233. The van der Waals surface area contributed by atoms with E-state index in [0.717, 1.165) is 35.3 Å². The molecule has 0 saturated heterocycles. The Bertz CT molecular complexity index is 1470. The van der Waals surface area contributed by atoms with Crippen molar-refractivity contribution in [2.75, 3.05) is 26.0 Å². The van der Waals surface area contributed by atoms with E-state index in [-0.39, 0.29) is 0 Å². The highest BCUT2D eigenvalue weighted by Gasteiger charge is 2.31. The molecular weight excluding hydrogens is 466 g/mol. The van der Waals surface area contributed by atoms with Gasteiger partial charge < -0.3 is 19.7 Å². The summed E-state index contributed by atoms with van der Waals surface area (Å²) in [6.07, 6.45) is -0.421. The smallest absolute Gasteiger partial charge is 0.340 e. The van der Waals surface area contributed by atoms with Crippen LogP contribution in [0.2, 0.25) is 0 Å². The van der Waals surface area contributed by atoms with Crippen LogP contribution in [0.25, 0.3) is 10.9 Å². The average Bonchev–Trinajstić information content (AvgIpc) is 2.91. The summed E-state index contributed by atoms with van der Waals surface area (Å²) in [6.45, 7) is 3.37. The van der Waals surface area contributed by atoms with E-state index in [1.54, 1.807) is 25.3 Å². The summed E-state index contributed by atoms with van der Waals surface area (Å²) in [6, 6.07) is 22.1. The Balaban J connectivity index is 1.54. The molecule has 1 aromatic heterocycles. The van der Waals surface area contributed by atoms with Gasteiger partial charge in [0.25, 0.3) is 5.91 Å². The number of aromatic nitrogens is 1. The minimum Gasteiger partial charge on any atom is -0.495 e. The van der Waals surface area contributed by atoms with Crippen LogP contribution in [-0.4, -0.2) is 42.5 Å². The Morgan fingerprint density at radius 3 is 2.57 bits per heavy atom. The quantitative estimate of drug-likeness (QED) is 0.376. The Morgan fingerprint density at radius 2 is 1.78 bits per heavy atom. The minimum absolute atomic E-state index is 0.465. The average molecular weight is 496 g/mol. The maximum absolute atomic E-state index is 13.9. The third-order valence-electron chi connectivity index (χ3n) is 6.62. The van der Waals surface area contributed by atoms with Crippen molar-refractivity contribution in [2.45, 2.75) is 26.0 Å². The molecular formula is C30H29N3O4. The van der Waals surface area contributed by atoms with Gasteiger partial charge in [0, 0.05) is 41.7 Å². The van der Waals surface area contributed by atoms with Crippen molar-refractivity contribution in [3.63, 3.8) is 0 Å². The molecule has 7 heteroatoms. The molecule has 5 rings (SSSR count). The van der Waals surface area contributed by atoms with Crippen LogP contribution in [0, 0.1) is 6.92 Å². The zero-order chi connectivity index (χ0) is 25.9. The number of benzene rings is 3. The Morgan fingerprint density at radius 1 is 1.03 bits per heavy atom. The highest BCUT2D eigenvalue weighted by Crippen LogP contribution is 2.32. The number of rotatable bonds is 6. The summed E-state index contributed by atoms with van der Waals surface area (Å²) in [5.74, 6) is -0.493. The molecule has 0 aliphatic carbocycles. The fourth-order valence-electron chi connectivity index (χ4n) is 4.74. The maximum Gasteiger partial charge on any atom is 0.340 e. The normalized spacial score (nSPS) is 14.0. The number of anilines is 1. The predicted molar refractivity (Wildman–Crippen MR) is 143 cm³/mol. The highest BCUT2D eigenvalue weighted by atomic mass is 16.5. The second kappa shape index (κ2) is 10.4. The first-order chi connectivity index (χ1) is 17.9. The molecule has 2 heterocycles. The largest absolute Gasteiger partial charge is 0.495 e. The van der Waals surface area contributed by atoms with Crippen LogP contribution < -0.4 is 10.1 Å². The number of para-hydroxylation sites is 1. The van der Waals surface area contributed by atoms with Crippen molar-refractivity contribution < 1.29 is 19.1 Å². The molecule has 1 aliphatic heterocycles. The zero-order valence-corrected chi connectivity index (χ0v) is 21.2. The third kappa shape index (κ3) is 5.04. The zero-order valence-electron chi connectivity index (χ0n) is 21.2.